The second kappa shape index (κ2) is 41.6. The summed E-state index contributed by atoms with van der Waals surface area (Å²) in [6.07, 6.45) is 53.1. The molecule has 0 amide bonds. The fraction of sp³-hybridized carbons (Fsp3) is 0.609. The van der Waals surface area contributed by atoms with Crippen molar-refractivity contribution in [3.8, 4) is 0 Å². The molecule has 0 bridgehead atoms. The van der Waals surface area contributed by atoms with E-state index in [0.717, 1.165) is 44.9 Å². The summed E-state index contributed by atoms with van der Waals surface area (Å²) in [5.41, 5.74) is 5.33. The third-order valence-corrected chi connectivity index (χ3v) is 9.32. The Balaban J connectivity index is 4.21. The van der Waals surface area contributed by atoms with Crippen LogP contribution in [0.3, 0.4) is 0 Å². The van der Waals surface area contributed by atoms with Gasteiger partial charge >= 0.3 is 19.8 Å². The highest BCUT2D eigenvalue weighted by Crippen LogP contribution is 2.43. The van der Waals surface area contributed by atoms with Gasteiger partial charge in [-0.05, 0) is 64.2 Å². The maximum absolute atomic E-state index is 12.5. The topological polar surface area (TPSA) is 134 Å². The van der Waals surface area contributed by atoms with Gasteiger partial charge in [0.15, 0.2) is 6.10 Å². The smallest absolute Gasteiger partial charge is 0.462 e. The first-order chi connectivity index (χ1) is 27.3. The molecule has 0 radical (unpaired) electrons. The Morgan fingerprint density at radius 3 is 1.66 bits per heavy atom. The summed E-state index contributed by atoms with van der Waals surface area (Å²) in [7, 11) is -4.40. The van der Waals surface area contributed by atoms with Gasteiger partial charge in [-0.1, -0.05) is 169 Å². The maximum atomic E-state index is 12.5. The summed E-state index contributed by atoms with van der Waals surface area (Å²) in [4.78, 5) is 34.8. The van der Waals surface area contributed by atoms with Crippen LogP contribution in [0.1, 0.15) is 149 Å². The van der Waals surface area contributed by atoms with Crippen LogP contribution in [0.25, 0.3) is 0 Å². The fourth-order valence-electron chi connectivity index (χ4n) is 5.20. The molecule has 0 aromatic rings. The molecule has 0 saturated heterocycles. The summed E-state index contributed by atoms with van der Waals surface area (Å²) in [5, 5.41) is 0. The van der Waals surface area contributed by atoms with Gasteiger partial charge in [0, 0.05) is 19.4 Å². The standard InChI is InChI=1S/C46H76NO8P/c1-3-5-7-9-11-13-15-17-18-19-20-21-22-23-24-25-27-28-30-32-34-36-38-45(48)52-42-44(43-54-56(50,51)53-41-40-47)55-46(49)39-37-35-33-31-29-26-16-14-12-10-8-6-4-2/h6,8,10-14,16-18,20-21,26,29,31,33,44H,3-5,7,9,15,19,22-25,27-28,30,32,34-43,47H2,1-2H3,(H,50,51)/b8-6+,12-10+,13-11+,16-14+,18-17+,21-20+,29-26+,33-31+. The third-order valence-electron chi connectivity index (χ3n) is 8.33. The number of allylic oxidation sites excluding steroid dienone is 16. The maximum Gasteiger partial charge on any atom is 0.472 e. The molecule has 10 heteroatoms. The van der Waals surface area contributed by atoms with Crippen molar-refractivity contribution in [1.82, 2.24) is 0 Å². The fourth-order valence-corrected chi connectivity index (χ4v) is 5.96. The SMILES string of the molecule is CC/C=C/C=C/C=C/C=C/C=C/CCCC(=O)OC(COC(=O)CCCCCCCCCCC/C=C/C/C=C/C/C=C/CCCCC)COP(=O)(O)OCCN. The van der Waals surface area contributed by atoms with Crippen LogP contribution in [0.4, 0.5) is 0 Å². The van der Waals surface area contributed by atoms with Gasteiger partial charge in [0.2, 0.25) is 0 Å². The molecule has 2 atom stereocenters. The predicted octanol–water partition coefficient (Wildman–Crippen LogP) is 12.2. The van der Waals surface area contributed by atoms with Gasteiger partial charge in [-0.2, -0.15) is 0 Å². The van der Waals surface area contributed by atoms with Crippen LogP contribution in [-0.4, -0.2) is 49.3 Å². The largest absolute Gasteiger partial charge is 0.472 e. The van der Waals surface area contributed by atoms with E-state index >= 15 is 0 Å². The highest BCUT2D eigenvalue weighted by atomic mass is 31.2. The number of unbranched alkanes of at least 4 members (excludes halogenated alkanes) is 13. The number of hydrogen-bond donors (Lipinski definition) is 2. The van der Waals surface area contributed by atoms with E-state index in [-0.39, 0.29) is 32.6 Å². The number of hydrogen-bond acceptors (Lipinski definition) is 8. The van der Waals surface area contributed by atoms with Gasteiger partial charge < -0.3 is 20.1 Å². The van der Waals surface area contributed by atoms with Crippen molar-refractivity contribution < 1.29 is 37.6 Å². The molecule has 0 aliphatic carbocycles. The number of phosphoric ester groups is 1. The number of phosphoric acid groups is 1. The first-order valence-electron chi connectivity index (χ1n) is 21.3. The zero-order valence-electron chi connectivity index (χ0n) is 34.8. The van der Waals surface area contributed by atoms with Crippen molar-refractivity contribution >= 4 is 19.8 Å². The average molecular weight is 802 g/mol. The lowest BCUT2D eigenvalue weighted by Crippen LogP contribution is -2.29. The van der Waals surface area contributed by atoms with Gasteiger partial charge in [0.1, 0.15) is 6.61 Å². The highest BCUT2D eigenvalue weighted by Gasteiger charge is 2.25. The summed E-state index contributed by atoms with van der Waals surface area (Å²) >= 11 is 0. The molecule has 9 nitrogen and oxygen atoms in total. The van der Waals surface area contributed by atoms with Crippen molar-refractivity contribution in [3.63, 3.8) is 0 Å². The Morgan fingerprint density at radius 1 is 0.571 bits per heavy atom. The number of esters is 2. The van der Waals surface area contributed by atoms with E-state index in [1.165, 1.54) is 57.8 Å². The number of nitrogens with two attached hydrogens (primary N) is 1. The van der Waals surface area contributed by atoms with Gasteiger partial charge in [-0.25, -0.2) is 4.57 Å². The zero-order chi connectivity index (χ0) is 41.1. The Hall–Kier alpha value is -3.07. The van der Waals surface area contributed by atoms with Crippen molar-refractivity contribution in [2.75, 3.05) is 26.4 Å². The summed E-state index contributed by atoms with van der Waals surface area (Å²) in [5.74, 6) is -0.932. The minimum absolute atomic E-state index is 0.0357. The molecule has 0 saturated carbocycles. The van der Waals surface area contributed by atoms with Crippen molar-refractivity contribution in [2.45, 2.75) is 155 Å². The molecule has 0 aromatic heterocycles. The van der Waals surface area contributed by atoms with Crippen LogP contribution in [0.15, 0.2) is 97.2 Å². The second-order valence-electron chi connectivity index (χ2n) is 13.6. The molecule has 3 N–H and O–H groups in total. The average Bonchev–Trinajstić information content (AvgIpc) is 3.18. The van der Waals surface area contributed by atoms with Crippen molar-refractivity contribution in [2.24, 2.45) is 5.73 Å². The minimum Gasteiger partial charge on any atom is -0.462 e. The van der Waals surface area contributed by atoms with E-state index in [2.05, 4.69) is 56.4 Å². The molecule has 0 aliphatic rings. The van der Waals surface area contributed by atoms with E-state index in [9.17, 15) is 19.0 Å². The minimum atomic E-state index is -4.40. The summed E-state index contributed by atoms with van der Waals surface area (Å²) in [6, 6.07) is 0. The number of carbonyl (C=O) groups is 2. The van der Waals surface area contributed by atoms with E-state index in [1.54, 1.807) is 0 Å². The molecule has 2 unspecified atom stereocenters. The van der Waals surface area contributed by atoms with Crippen LogP contribution in [0, 0.1) is 0 Å². The normalized spacial score (nSPS) is 14.3. The first kappa shape index (κ1) is 52.9. The van der Waals surface area contributed by atoms with Crippen LogP contribution in [0.5, 0.6) is 0 Å². The van der Waals surface area contributed by atoms with E-state index in [0.29, 0.717) is 19.3 Å². The van der Waals surface area contributed by atoms with E-state index < -0.39 is 32.5 Å². The van der Waals surface area contributed by atoms with Gasteiger partial charge in [-0.15, -0.1) is 0 Å². The number of ether oxygens (including phenoxy) is 2. The quantitative estimate of drug-likeness (QED) is 0.0206. The Bertz CT molecular complexity index is 1230. The van der Waals surface area contributed by atoms with Gasteiger partial charge in [-0.3, -0.25) is 18.6 Å². The summed E-state index contributed by atoms with van der Waals surface area (Å²) in [6.45, 7) is 3.44. The predicted molar refractivity (Wildman–Crippen MR) is 233 cm³/mol. The van der Waals surface area contributed by atoms with Gasteiger partial charge in [0.25, 0.3) is 0 Å². The Kier molecular flexibility index (Phi) is 39.3. The Labute approximate surface area is 340 Å². The van der Waals surface area contributed by atoms with Crippen LogP contribution in [-0.2, 0) is 32.7 Å². The molecule has 318 valence electrons. The third kappa shape index (κ3) is 40.6. The molecule has 0 rings (SSSR count). The van der Waals surface area contributed by atoms with Crippen LogP contribution >= 0.6 is 7.82 Å². The molecule has 0 fully saturated rings. The monoisotopic (exact) mass is 802 g/mol. The van der Waals surface area contributed by atoms with Crippen LogP contribution < -0.4 is 5.73 Å². The molecular formula is C46H76NO8P. The van der Waals surface area contributed by atoms with E-state index in [1.807, 2.05) is 54.7 Å². The first-order valence-corrected chi connectivity index (χ1v) is 22.8. The number of carbonyl (C=O) groups excluding carboxylic acids is 2. The van der Waals surface area contributed by atoms with Crippen LogP contribution in [0.2, 0.25) is 0 Å². The Morgan fingerprint density at radius 2 is 1.07 bits per heavy atom. The van der Waals surface area contributed by atoms with Crippen molar-refractivity contribution in [3.05, 3.63) is 97.2 Å². The van der Waals surface area contributed by atoms with Crippen molar-refractivity contribution in [1.29, 1.82) is 0 Å². The lowest BCUT2D eigenvalue weighted by Gasteiger charge is -2.19. The molecule has 0 heterocycles. The second-order valence-corrected chi connectivity index (χ2v) is 15.0. The summed E-state index contributed by atoms with van der Waals surface area (Å²) < 4.78 is 32.6. The lowest BCUT2D eigenvalue weighted by molar-refractivity contribution is -0.161. The lowest BCUT2D eigenvalue weighted by atomic mass is 10.1. The zero-order valence-corrected chi connectivity index (χ0v) is 35.7. The van der Waals surface area contributed by atoms with E-state index in [4.69, 9.17) is 24.3 Å². The number of rotatable bonds is 38. The van der Waals surface area contributed by atoms with Gasteiger partial charge in [0.05, 0.1) is 13.2 Å². The molecule has 0 aromatic carbocycles. The molecular weight excluding hydrogens is 725 g/mol. The molecule has 56 heavy (non-hydrogen) atoms. The molecule has 0 aliphatic heterocycles. The highest BCUT2D eigenvalue weighted by molar-refractivity contribution is 7.47. The molecule has 0 spiro atoms.